The lowest BCUT2D eigenvalue weighted by Crippen LogP contribution is -2.29. The number of hydrogen-bond acceptors (Lipinski definition) is 6. The first-order chi connectivity index (χ1) is 25.1. The molecule has 0 radical (unpaired) electrons. The molecule has 0 unspecified atom stereocenters. The lowest BCUT2D eigenvalue weighted by atomic mass is 10.0. The van der Waals surface area contributed by atoms with Crippen molar-refractivity contribution in [1.29, 1.82) is 0 Å². The molecule has 0 aromatic heterocycles. The number of esters is 2. The van der Waals surface area contributed by atoms with Crippen molar-refractivity contribution >= 4 is 19.8 Å². The van der Waals surface area contributed by atoms with E-state index in [1.807, 2.05) is 0 Å². The molecule has 0 aliphatic carbocycles. The van der Waals surface area contributed by atoms with Crippen molar-refractivity contribution in [1.82, 2.24) is 0 Å². The summed E-state index contributed by atoms with van der Waals surface area (Å²) >= 11 is 0. The van der Waals surface area contributed by atoms with Gasteiger partial charge in [-0.25, -0.2) is 4.57 Å². The number of phosphoric acid groups is 1. The van der Waals surface area contributed by atoms with Crippen LogP contribution in [0.4, 0.5) is 0 Å². The molecule has 310 valence electrons. The summed E-state index contributed by atoms with van der Waals surface area (Å²) < 4.78 is 26.4. The standard InChI is InChI=1S/C43H85O8P/c1-4-5-6-7-8-9-10-11-12-13-14-15-16-17-21-24-27-30-33-36-42(44)49-38-41(39-50-52(46,47)48)51-43(45)37-34-31-28-25-22-19-18-20-23-26-29-32-35-40(2)3/h40-41H,4-39H2,1-3H3,(H2,46,47,48)/t41-/m1/s1. The van der Waals surface area contributed by atoms with Crippen LogP contribution in [0.2, 0.25) is 0 Å². The van der Waals surface area contributed by atoms with E-state index < -0.39 is 32.5 Å². The molecule has 0 aromatic rings. The summed E-state index contributed by atoms with van der Waals surface area (Å²) in [6.45, 7) is 6.05. The summed E-state index contributed by atoms with van der Waals surface area (Å²) in [6.07, 6.45) is 39.7. The van der Waals surface area contributed by atoms with Gasteiger partial charge >= 0.3 is 19.8 Å². The van der Waals surface area contributed by atoms with Crippen LogP contribution in [0.5, 0.6) is 0 Å². The third-order valence-electron chi connectivity index (χ3n) is 10.1. The molecule has 0 amide bonds. The summed E-state index contributed by atoms with van der Waals surface area (Å²) in [4.78, 5) is 42.9. The van der Waals surface area contributed by atoms with E-state index >= 15 is 0 Å². The molecule has 0 bridgehead atoms. The molecule has 0 rings (SSSR count). The highest BCUT2D eigenvalue weighted by atomic mass is 31.2. The number of hydrogen-bond donors (Lipinski definition) is 2. The Kier molecular flexibility index (Phi) is 37.6. The van der Waals surface area contributed by atoms with Gasteiger partial charge in [0.1, 0.15) is 6.61 Å². The molecule has 0 aromatic carbocycles. The van der Waals surface area contributed by atoms with Gasteiger partial charge in [-0.3, -0.25) is 14.1 Å². The SMILES string of the molecule is CCCCCCCCCCCCCCCCCCCCCC(=O)OC[C@H](COP(=O)(O)O)OC(=O)CCCCCCCCCCCCCCC(C)C. The summed E-state index contributed by atoms with van der Waals surface area (Å²) in [5.74, 6) is -0.0505. The predicted octanol–water partition coefficient (Wildman–Crippen LogP) is 13.5. The summed E-state index contributed by atoms with van der Waals surface area (Å²) in [6, 6.07) is 0. The van der Waals surface area contributed by atoms with Crippen LogP contribution in [-0.2, 0) is 28.2 Å². The number of ether oxygens (including phenoxy) is 2. The van der Waals surface area contributed by atoms with Gasteiger partial charge in [-0.1, -0.05) is 213 Å². The highest BCUT2D eigenvalue weighted by Gasteiger charge is 2.23. The molecule has 1 atom stereocenters. The molecule has 2 N–H and O–H groups in total. The average Bonchev–Trinajstić information content (AvgIpc) is 3.10. The van der Waals surface area contributed by atoms with Crippen LogP contribution in [0.3, 0.4) is 0 Å². The van der Waals surface area contributed by atoms with Crippen molar-refractivity contribution in [2.24, 2.45) is 5.92 Å². The lowest BCUT2D eigenvalue weighted by Gasteiger charge is -2.18. The number of carbonyl (C=O) groups excluding carboxylic acids is 2. The first-order valence-corrected chi connectivity index (χ1v) is 23.7. The summed E-state index contributed by atoms with van der Waals surface area (Å²) in [5, 5.41) is 0. The topological polar surface area (TPSA) is 119 Å². The maximum Gasteiger partial charge on any atom is 0.469 e. The Labute approximate surface area is 321 Å². The Morgan fingerprint density at radius 1 is 0.481 bits per heavy atom. The van der Waals surface area contributed by atoms with Gasteiger partial charge in [0.25, 0.3) is 0 Å². The van der Waals surface area contributed by atoms with Crippen LogP contribution >= 0.6 is 7.82 Å². The normalized spacial score (nSPS) is 12.4. The fraction of sp³-hybridized carbons (Fsp3) is 0.953. The maximum atomic E-state index is 12.4. The van der Waals surface area contributed by atoms with Gasteiger partial charge in [-0.2, -0.15) is 0 Å². The minimum atomic E-state index is -4.75. The van der Waals surface area contributed by atoms with Gasteiger partial charge in [0.05, 0.1) is 6.61 Å². The van der Waals surface area contributed by atoms with Crippen molar-refractivity contribution < 1.29 is 37.9 Å². The minimum absolute atomic E-state index is 0.219. The van der Waals surface area contributed by atoms with E-state index in [9.17, 15) is 14.2 Å². The van der Waals surface area contributed by atoms with Gasteiger partial charge in [0.2, 0.25) is 0 Å². The molecule has 0 saturated heterocycles. The zero-order chi connectivity index (χ0) is 38.4. The van der Waals surface area contributed by atoms with Crippen LogP contribution in [-0.4, -0.2) is 41.0 Å². The van der Waals surface area contributed by atoms with E-state index in [1.165, 1.54) is 161 Å². The van der Waals surface area contributed by atoms with Crippen molar-refractivity contribution in [3.05, 3.63) is 0 Å². The fourth-order valence-corrected chi connectivity index (χ4v) is 7.10. The maximum absolute atomic E-state index is 12.4. The molecule has 0 fully saturated rings. The van der Waals surface area contributed by atoms with Gasteiger partial charge in [-0.05, 0) is 18.8 Å². The molecule has 8 nitrogen and oxygen atoms in total. The number of phosphoric ester groups is 1. The summed E-state index contributed by atoms with van der Waals surface area (Å²) in [7, 11) is -4.75. The molecule has 0 saturated carbocycles. The highest BCUT2D eigenvalue weighted by Crippen LogP contribution is 2.36. The van der Waals surface area contributed by atoms with Gasteiger partial charge in [0.15, 0.2) is 6.10 Å². The van der Waals surface area contributed by atoms with Crippen LogP contribution < -0.4 is 0 Å². The zero-order valence-electron chi connectivity index (χ0n) is 34.4. The Morgan fingerprint density at radius 3 is 1.15 bits per heavy atom. The first-order valence-electron chi connectivity index (χ1n) is 22.2. The Morgan fingerprint density at radius 2 is 0.808 bits per heavy atom. The molecular formula is C43H85O8P. The van der Waals surface area contributed by atoms with Crippen LogP contribution in [0.15, 0.2) is 0 Å². The second kappa shape index (κ2) is 38.3. The largest absolute Gasteiger partial charge is 0.469 e. The van der Waals surface area contributed by atoms with Crippen molar-refractivity contribution in [2.75, 3.05) is 13.2 Å². The predicted molar refractivity (Wildman–Crippen MR) is 216 cm³/mol. The summed E-state index contributed by atoms with van der Waals surface area (Å²) in [5.41, 5.74) is 0. The van der Waals surface area contributed by atoms with Gasteiger partial charge in [-0.15, -0.1) is 0 Å². The van der Waals surface area contributed by atoms with Crippen LogP contribution in [0, 0.1) is 5.92 Å². The number of unbranched alkanes of at least 4 members (excludes halogenated alkanes) is 29. The Hall–Kier alpha value is -0.950. The lowest BCUT2D eigenvalue weighted by molar-refractivity contribution is -0.161. The van der Waals surface area contributed by atoms with E-state index in [-0.39, 0.29) is 19.4 Å². The van der Waals surface area contributed by atoms with E-state index in [0.717, 1.165) is 44.4 Å². The Balaban J connectivity index is 3.82. The van der Waals surface area contributed by atoms with Gasteiger partial charge < -0.3 is 19.3 Å². The van der Waals surface area contributed by atoms with E-state index in [2.05, 4.69) is 25.3 Å². The molecule has 52 heavy (non-hydrogen) atoms. The third-order valence-corrected chi connectivity index (χ3v) is 10.5. The third kappa shape index (κ3) is 41.8. The van der Waals surface area contributed by atoms with E-state index in [1.54, 1.807) is 0 Å². The zero-order valence-corrected chi connectivity index (χ0v) is 35.3. The highest BCUT2D eigenvalue weighted by molar-refractivity contribution is 7.46. The quantitative estimate of drug-likeness (QED) is 0.0359. The Bertz CT molecular complexity index is 830. The van der Waals surface area contributed by atoms with Crippen molar-refractivity contribution in [3.8, 4) is 0 Å². The van der Waals surface area contributed by atoms with Crippen LogP contribution in [0.1, 0.15) is 239 Å². The molecule has 0 aliphatic heterocycles. The van der Waals surface area contributed by atoms with Crippen molar-refractivity contribution in [2.45, 2.75) is 245 Å². The van der Waals surface area contributed by atoms with E-state index in [4.69, 9.17) is 19.3 Å². The van der Waals surface area contributed by atoms with Crippen molar-refractivity contribution in [3.63, 3.8) is 0 Å². The molecular weight excluding hydrogens is 675 g/mol. The number of carbonyl (C=O) groups is 2. The average molecular weight is 761 g/mol. The van der Waals surface area contributed by atoms with Crippen LogP contribution in [0.25, 0.3) is 0 Å². The molecule has 0 spiro atoms. The fourth-order valence-electron chi connectivity index (χ4n) is 6.74. The number of rotatable bonds is 41. The smallest absolute Gasteiger partial charge is 0.462 e. The molecule has 0 heterocycles. The van der Waals surface area contributed by atoms with E-state index in [0.29, 0.717) is 6.42 Å². The molecule has 0 aliphatic rings. The monoisotopic (exact) mass is 761 g/mol. The first kappa shape index (κ1) is 51.0. The second-order valence-electron chi connectivity index (χ2n) is 15.9. The minimum Gasteiger partial charge on any atom is -0.462 e. The molecule has 9 heteroatoms. The van der Waals surface area contributed by atoms with Gasteiger partial charge in [0, 0.05) is 12.8 Å². The second-order valence-corrected chi connectivity index (χ2v) is 17.1.